The Balaban J connectivity index is 2.16. The van der Waals surface area contributed by atoms with Crippen LogP contribution < -0.4 is 5.32 Å². The fraction of sp³-hybridized carbons (Fsp3) is 0.385. The number of nitrogens with one attached hydrogen (secondary N) is 1. The molecule has 0 spiro atoms. The van der Waals surface area contributed by atoms with Crippen molar-refractivity contribution in [2.75, 3.05) is 11.9 Å². The van der Waals surface area contributed by atoms with Crippen molar-refractivity contribution in [3.05, 3.63) is 23.2 Å². The first kappa shape index (κ1) is 10.7. The third kappa shape index (κ3) is 1.93. The predicted molar refractivity (Wildman–Crippen MR) is 73.4 cm³/mol. The van der Waals surface area contributed by atoms with Crippen LogP contribution in [0.1, 0.15) is 31.9 Å². The van der Waals surface area contributed by atoms with Gasteiger partial charge in [0.15, 0.2) is 0 Å². The predicted octanol–water partition coefficient (Wildman–Crippen LogP) is 3.69. The first-order valence-corrected chi connectivity index (χ1v) is 6.95. The summed E-state index contributed by atoms with van der Waals surface area (Å²) < 4.78 is 1.22. The van der Waals surface area contributed by atoms with E-state index in [-0.39, 0.29) is 0 Å². The Hall–Kier alpha value is -1.42. The molecule has 1 aliphatic carbocycles. The molecule has 0 saturated heterocycles. The molecule has 2 heterocycles. The summed E-state index contributed by atoms with van der Waals surface area (Å²) in [6, 6.07) is 2.07. The summed E-state index contributed by atoms with van der Waals surface area (Å²) in [4.78, 5) is 9.18. The summed E-state index contributed by atoms with van der Waals surface area (Å²) in [7, 11) is 0. The Morgan fingerprint density at radius 1 is 1.41 bits per heavy atom. The average Bonchev–Trinajstić information content (AvgIpc) is 2.99. The molecule has 1 aliphatic rings. The van der Waals surface area contributed by atoms with Gasteiger partial charge in [0.2, 0.25) is 5.95 Å². The zero-order valence-corrected chi connectivity index (χ0v) is 10.7. The van der Waals surface area contributed by atoms with Gasteiger partial charge < -0.3 is 5.32 Å². The Bertz CT molecular complexity index is 571. The van der Waals surface area contributed by atoms with E-state index < -0.39 is 0 Å². The zero-order chi connectivity index (χ0) is 11.7. The molecule has 2 aromatic rings. The highest BCUT2D eigenvalue weighted by molar-refractivity contribution is 7.17. The van der Waals surface area contributed by atoms with E-state index in [1.54, 1.807) is 11.3 Å². The molecule has 0 radical (unpaired) electrons. The number of thiophene rings is 1. The summed E-state index contributed by atoms with van der Waals surface area (Å²) in [6.45, 7) is 2.92. The molecule has 0 saturated carbocycles. The number of aromatic nitrogens is 2. The van der Waals surface area contributed by atoms with Crippen molar-refractivity contribution in [2.45, 2.75) is 26.2 Å². The minimum Gasteiger partial charge on any atom is -0.354 e. The molecule has 3 rings (SSSR count). The second kappa shape index (κ2) is 4.45. The second-order valence-corrected chi connectivity index (χ2v) is 5.10. The Morgan fingerprint density at radius 2 is 2.35 bits per heavy atom. The van der Waals surface area contributed by atoms with Gasteiger partial charge in [0.25, 0.3) is 0 Å². The molecule has 0 unspecified atom stereocenters. The Kier molecular flexibility index (Phi) is 2.81. The van der Waals surface area contributed by atoms with Crippen molar-refractivity contribution in [2.24, 2.45) is 0 Å². The smallest absolute Gasteiger partial charge is 0.223 e. The maximum atomic E-state index is 4.66. The molecule has 0 aliphatic heterocycles. The number of hydrogen-bond donors (Lipinski definition) is 1. The lowest BCUT2D eigenvalue weighted by Crippen LogP contribution is -2.03. The number of allylic oxidation sites excluding steroid dienone is 2. The summed E-state index contributed by atoms with van der Waals surface area (Å²) in [5.74, 6) is 0.751. The molecule has 0 bridgehead atoms. The van der Waals surface area contributed by atoms with E-state index in [0.717, 1.165) is 30.1 Å². The molecular formula is C13H15N3S. The molecule has 3 nitrogen and oxygen atoms in total. The van der Waals surface area contributed by atoms with Crippen LogP contribution in [-0.2, 0) is 0 Å². The molecule has 88 valence electrons. The fourth-order valence-corrected chi connectivity index (χ4v) is 3.06. The number of nitrogens with zero attached hydrogens (tertiary/aromatic N) is 2. The van der Waals surface area contributed by atoms with Gasteiger partial charge >= 0.3 is 0 Å². The fourth-order valence-electron chi connectivity index (χ4n) is 2.20. The van der Waals surface area contributed by atoms with Crippen molar-refractivity contribution in [1.29, 1.82) is 0 Å². The molecule has 4 heteroatoms. The lowest BCUT2D eigenvalue weighted by Gasteiger charge is -2.07. The van der Waals surface area contributed by atoms with Crippen molar-refractivity contribution in [3.8, 4) is 0 Å². The third-order valence-electron chi connectivity index (χ3n) is 2.98. The van der Waals surface area contributed by atoms with Crippen LogP contribution in [0, 0.1) is 0 Å². The maximum absolute atomic E-state index is 4.66. The van der Waals surface area contributed by atoms with E-state index >= 15 is 0 Å². The van der Waals surface area contributed by atoms with Crippen LogP contribution in [0.2, 0.25) is 0 Å². The van der Waals surface area contributed by atoms with Crippen LogP contribution in [0.25, 0.3) is 15.8 Å². The monoisotopic (exact) mass is 245 g/mol. The average molecular weight is 245 g/mol. The molecule has 2 aromatic heterocycles. The molecule has 0 atom stereocenters. The van der Waals surface area contributed by atoms with E-state index in [9.17, 15) is 0 Å². The van der Waals surface area contributed by atoms with E-state index in [1.807, 2.05) is 0 Å². The third-order valence-corrected chi connectivity index (χ3v) is 3.89. The summed E-state index contributed by atoms with van der Waals surface area (Å²) in [6.07, 6.45) is 5.90. The minimum atomic E-state index is 0.751. The van der Waals surface area contributed by atoms with Gasteiger partial charge in [0.05, 0.1) is 15.9 Å². The standard InChI is InChI=1S/C13H15N3S/c1-2-14-13-15-10-7-8-17-12(10)11(16-13)9-5-3-4-6-9/h5,7-8H,2-4,6H2,1H3,(H,14,15,16). The van der Waals surface area contributed by atoms with Gasteiger partial charge in [0.1, 0.15) is 0 Å². The first-order valence-electron chi connectivity index (χ1n) is 6.07. The van der Waals surface area contributed by atoms with Gasteiger partial charge in [-0.15, -0.1) is 11.3 Å². The van der Waals surface area contributed by atoms with E-state index in [0.29, 0.717) is 0 Å². The second-order valence-electron chi connectivity index (χ2n) is 4.18. The van der Waals surface area contributed by atoms with Crippen molar-refractivity contribution in [3.63, 3.8) is 0 Å². The summed E-state index contributed by atoms with van der Waals surface area (Å²) in [5.41, 5.74) is 3.58. The van der Waals surface area contributed by atoms with Crippen LogP contribution in [-0.4, -0.2) is 16.5 Å². The molecule has 17 heavy (non-hydrogen) atoms. The number of hydrogen-bond acceptors (Lipinski definition) is 4. The van der Waals surface area contributed by atoms with E-state index in [1.165, 1.54) is 23.1 Å². The van der Waals surface area contributed by atoms with Gasteiger partial charge in [-0.1, -0.05) is 6.08 Å². The highest BCUT2D eigenvalue weighted by atomic mass is 32.1. The maximum Gasteiger partial charge on any atom is 0.223 e. The highest BCUT2D eigenvalue weighted by Crippen LogP contribution is 2.33. The molecule has 1 N–H and O–H groups in total. The van der Waals surface area contributed by atoms with E-state index in [4.69, 9.17) is 0 Å². The largest absolute Gasteiger partial charge is 0.354 e. The van der Waals surface area contributed by atoms with Crippen molar-refractivity contribution < 1.29 is 0 Å². The van der Waals surface area contributed by atoms with Gasteiger partial charge in [-0.2, -0.15) is 0 Å². The highest BCUT2D eigenvalue weighted by Gasteiger charge is 2.15. The number of rotatable bonds is 3. The summed E-state index contributed by atoms with van der Waals surface area (Å²) in [5, 5.41) is 5.30. The number of anilines is 1. The molecular weight excluding hydrogens is 230 g/mol. The SMILES string of the molecule is CCNc1nc(C2=CCCC2)c2sccc2n1. The first-order chi connectivity index (χ1) is 8.38. The van der Waals surface area contributed by atoms with Crippen LogP contribution in [0.4, 0.5) is 5.95 Å². The van der Waals surface area contributed by atoms with Gasteiger partial charge in [-0.05, 0) is 43.2 Å². The Morgan fingerprint density at radius 3 is 3.12 bits per heavy atom. The topological polar surface area (TPSA) is 37.8 Å². The molecule has 0 aromatic carbocycles. The quantitative estimate of drug-likeness (QED) is 0.896. The van der Waals surface area contributed by atoms with Crippen molar-refractivity contribution in [1.82, 2.24) is 9.97 Å². The minimum absolute atomic E-state index is 0.751. The van der Waals surface area contributed by atoms with Crippen molar-refractivity contribution >= 4 is 33.1 Å². The van der Waals surface area contributed by atoms with Crippen LogP contribution >= 0.6 is 11.3 Å². The Labute approximate surface area is 105 Å². The molecule has 0 fully saturated rings. The normalized spacial score (nSPS) is 15.2. The molecule has 0 amide bonds. The zero-order valence-electron chi connectivity index (χ0n) is 9.86. The summed E-state index contributed by atoms with van der Waals surface area (Å²) >= 11 is 1.73. The van der Waals surface area contributed by atoms with Crippen LogP contribution in [0.15, 0.2) is 17.5 Å². The van der Waals surface area contributed by atoms with Gasteiger partial charge in [-0.25, -0.2) is 9.97 Å². The van der Waals surface area contributed by atoms with E-state index in [2.05, 4.69) is 39.7 Å². The van der Waals surface area contributed by atoms with Crippen LogP contribution in [0.5, 0.6) is 0 Å². The van der Waals surface area contributed by atoms with Crippen LogP contribution in [0.3, 0.4) is 0 Å². The van der Waals surface area contributed by atoms with Gasteiger partial charge in [-0.3, -0.25) is 0 Å². The van der Waals surface area contributed by atoms with Gasteiger partial charge in [0, 0.05) is 6.54 Å². The lowest BCUT2D eigenvalue weighted by molar-refractivity contribution is 0.933. The number of fused-ring (bicyclic) bond motifs is 1. The lowest BCUT2D eigenvalue weighted by atomic mass is 10.1.